The Bertz CT molecular complexity index is 448. The zero-order valence-electron chi connectivity index (χ0n) is 11.4. The highest BCUT2D eigenvalue weighted by Crippen LogP contribution is 2.29. The van der Waals surface area contributed by atoms with Gasteiger partial charge in [0.05, 0.1) is 0 Å². The SMILES string of the molecule is Cc1nc(C(=O)N(CC2CCNCC2)C2CC2)n[nH]1. The highest BCUT2D eigenvalue weighted by atomic mass is 16.2. The lowest BCUT2D eigenvalue weighted by Gasteiger charge is -2.29. The zero-order valence-corrected chi connectivity index (χ0v) is 11.4. The van der Waals surface area contributed by atoms with Gasteiger partial charge in [-0.15, -0.1) is 5.10 Å². The van der Waals surface area contributed by atoms with Crippen molar-refractivity contribution in [2.75, 3.05) is 19.6 Å². The van der Waals surface area contributed by atoms with Gasteiger partial charge < -0.3 is 10.2 Å². The quantitative estimate of drug-likeness (QED) is 0.839. The van der Waals surface area contributed by atoms with E-state index in [1.165, 1.54) is 0 Å². The van der Waals surface area contributed by atoms with Crippen molar-refractivity contribution in [3.8, 4) is 0 Å². The van der Waals surface area contributed by atoms with Crippen LogP contribution in [0.25, 0.3) is 0 Å². The minimum atomic E-state index is -0.00890. The van der Waals surface area contributed by atoms with Gasteiger partial charge in [-0.1, -0.05) is 0 Å². The summed E-state index contributed by atoms with van der Waals surface area (Å²) in [6.07, 6.45) is 4.56. The Kier molecular flexibility index (Phi) is 3.50. The molecule has 1 aromatic heterocycles. The summed E-state index contributed by atoms with van der Waals surface area (Å²) in [5.74, 6) is 1.62. The molecule has 0 bridgehead atoms. The van der Waals surface area contributed by atoms with Crippen LogP contribution in [0.15, 0.2) is 0 Å². The second-order valence-corrected chi connectivity index (χ2v) is 5.63. The fourth-order valence-corrected chi connectivity index (χ4v) is 2.69. The first kappa shape index (κ1) is 12.6. The van der Waals surface area contributed by atoms with Crippen LogP contribution in [0.5, 0.6) is 0 Å². The molecular formula is C13H21N5O. The molecule has 6 nitrogen and oxygen atoms in total. The van der Waals surface area contributed by atoms with Crippen LogP contribution in [0, 0.1) is 12.8 Å². The maximum absolute atomic E-state index is 12.5. The predicted octanol–water partition coefficient (Wildman–Crippen LogP) is 0.717. The van der Waals surface area contributed by atoms with Gasteiger partial charge in [-0.05, 0) is 51.6 Å². The number of rotatable bonds is 4. The van der Waals surface area contributed by atoms with Gasteiger partial charge in [0.15, 0.2) is 0 Å². The molecule has 0 unspecified atom stereocenters. The summed E-state index contributed by atoms with van der Waals surface area (Å²) in [6, 6.07) is 0.418. The smallest absolute Gasteiger partial charge is 0.293 e. The first-order valence-corrected chi connectivity index (χ1v) is 7.14. The average Bonchev–Trinajstić information content (AvgIpc) is 3.18. The number of piperidine rings is 1. The summed E-state index contributed by atoms with van der Waals surface area (Å²) in [4.78, 5) is 18.6. The Balaban J connectivity index is 1.68. The molecule has 1 aliphatic carbocycles. The largest absolute Gasteiger partial charge is 0.333 e. The topological polar surface area (TPSA) is 73.9 Å². The molecule has 1 aromatic rings. The number of aromatic amines is 1. The molecule has 2 aliphatic rings. The predicted molar refractivity (Wildman–Crippen MR) is 70.8 cm³/mol. The first-order chi connectivity index (χ1) is 9.24. The molecule has 0 radical (unpaired) electrons. The number of H-pyrrole nitrogens is 1. The number of carbonyl (C=O) groups is 1. The number of hydrogen-bond donors (Lipinski definition) is 2. The van der Waals surface area contributed by atoms with Gasteiger partial charge >= 0.3 is 0 Å². The minimum Gasteiger partial charge on any atom is -0.333 e. The molecule has 1 saturated carbocycles. The molecule has 6 heteroatoms. The fraction of sp³-hybridized carbons (Fsp3) is 0.769. The molecule has 2 heterocycles. The van der Waals surface area contributed by atoms with Crippen molar-refractivity contribution < 1.29 is 4.79 Å². The molecule has 104 valence electrons. The average molecular weight is 263 g/mol. The van der Waals surface area contributed by atoms with Crippen molar-refractivity contribution in [2.45, 2.75) is 38.6 Å². The van der Waals surface area contributed by atoms with Crippen LogP contribution in [0.1, 0.15) is 42.1 Å². The van der Waals surface area contributed by atoms with E-state index in [1.54, 1.807) is 0 Å². The van der Waals surface area contributed by atoms with Gasteiger partial charge in [-0.3, -0.25) is 9.89 Å². The van der Waals surface area contributed by atoms with Crippen LogP contribution in [0.4, 0.5) is 0 Å². The minimum absolute atomic E-state index is 0.00890. The monoisotopic (exact) mass is 263 g/mol. The van der Waals surface area contributed by atoms with E-state index in [-0.39, 0.29) is 5.91 Å². The third-order valence-corrected chi connectivity index (χ3v) is 3.95. The summed E-state index contributed by atoms with van der Waals surface area (Å²) in [7, 11) is 0. The number of nitrogens with zero attached hydrogens (tertiary/aromatic N) is 3. The standard InChI is InChI=1S/C13H21N5O/c1-9-15-12(17-16-9)13(19)18(11-2-3-11)8-10-4-6-14-7-5-10/h10-11,14H,2-8H2,1H3,(H,15,16,17). The molecule has 19 heavy (non-hydrogen) atoms. The second-order valence-electron chi connectivity index (χ2n) is 5.63. The first-order valence-electron chi connectivity index (χ1n) is 7.14. The van der Waals surface area contributed by atoms with Crippen LogP contribution in [-0.4, -0.2) is 51.7 Å². The number of hydrogen-bond acceptors (Lipinski definition) is 4. The molecular weight excluding hydrogens is 242 g/mol. The van der Waals surface area contributed by atoms with Crippen LogP contribution in [-0.2, 0) is 0 Å². The van der Waals surface area contributed by atoms with Crippen LogP contribution >= 0.6 is 0 Å². The summed E-state index contributed by atoms with van der Waals surface area (Å²) < 4.78 is 0. The van der Waals surface area contributed by atoms with E-state index in [0.29, 0.717) is 23.6 Å². The number of nitrogens with one attached hydrogen (secondary N) is 2. The van der Waals surface area contributed by atoms with E-state index in [9.17, 15) is 4.79 Å². The van der Waals surface area contributed by atoms with E-state index in [2.05, 4.69) is 20.5 Å². The van der Waals surface area contributed by atoms with Crippen molar-refractivity contribution in [2.24, 2.45) is 5.92 Å². The van der Waals surface area contributed by atoms with Crippen LogP contribution in [0.3, 0.4) is 0 Å². The number of aromatic nitrogens is 3. The summed E-state index contributed by atoms with van der Waals surface area (Å²) in [5, 5.41) is 10.1. The van der Waals surface area contributed by atoms with Crippen molar-refractivity contribution in [3.05, 3.63) is 11.6 Å². The molecule has 2 N–H and O–H groups in total. The number of aryl methyl sites for hydroxylation is 1. The van der Waals surface area contributed by atoms with Crippen molar-refractivity contribution in [3.63, 3.8) is 0 Å². The Labute approximate surface area is 113 Å². The van der Waals surface area contributed by atoms with E-state index >= 15 is 0 Å². The number of amides is 1. The van der Waals surface area contributed by atoms with E-state index in [0.717, 1.165) is 45.3 Å². The third-order valence-electron chi connectivity index (χ3n) is 3.95. The molecule has 1 amide bonds. The molecule has 0 aromatic carbocycles. The van der Waals surface area contributed by atoms with Gasteiger partial charge in [-0.2, -0.15) is 0 Å². The van der Waals surface area contributed by atoms with Crippen molar-refractivity contribution in [1.82, 2.24) is 25.4 Å². The van der Waals surface area contributed by atoms with E-state index < -0.39 is 0 Å². The third kappa shape index (κ3) is 2.94. The fourth-order valence-electron chi connectivity index (χ4n) is 2.69. The zero-order chi connectivity index (χ0) is 13.2. The molecule has 1 aliphatic heterocycles. The van der Waals surface area contributed by atoms with Gasteiger partial charge in [0.1, 0.15) is 5.82 Å². The van der Waals surface area contributed by atoms with Crippen molar-refractivity contribution >= 4 is 5.91 Å². The molecule has 0 atom stereocenters. The Morgan fingerprint density at radius 2 is 2.05 bits per heavy atom. The van der Waals surface area contributed by atoms with Gasteiger partial charge in [0.25, 0.3) is 5.91 Å². The summed E-state index contributed by atoms with van der Waals surface area (Å²) >= 11 is 0. The van der Waals surface area contributed by atoms with Gasteiger partial charge in [0.2, 0.25) is 5.82 Å². The lowest BCUT2D eigenvalue weighted by molar-refractivity contribution is 0.0689. The van der Waals surface area contributed by atoms with E-state index in [4.69, 9.17) is 0 Å². The second kappa shape index (κ2) is 5.28. The Morgan fingerprint density at radius 3 is 2.63 bits per heavy atom. The van der Waals surface area contributed by atoms with Crippen molar-refractivity contribution in [1.29, 1.82) is 0 Å². The summed E-state index contributed by atoms with van der Waals surface area (Å²) in [6.45, 7) is 4.81. The number of carbonyl (C=O) groups excluding carboxylic acids is 1. The molecule has 0 spiro atoms. The highest BCUT2D eigenvalue weighted by Gasteiger charge is 2.36. The van der Waals surface area contributed by atoms with Crippen LogP contribution < -0.4 is 5.32 Å². The van der Waals surface area contributed by atoms with Gasteiger partial charge in [-0.25, -0.2) is 4.98 Å². The summed E-state index contributed by atoms with van der Waals surface area (Å²) in [5.41, 5.74) is 0. The van der Waals surface area contributed by atoms with E-state index in [1.807, 2.05) is 11.8 Å². The van der Waals surface area contributed by atoms with Gasteiger partial charge in [0, 0.05) is 12.6 Å². The normalized spacial score (nSPS) is 20.5. The highest BCUT2D eigenvalue weighted by molar-refractivity contribution is 5.90. The molecule has 1 saturated heterocycles. The lowest BCUT2D eigenvalue weighted by Crippen LogP contribution is -2.41. The molecule has 3 rings (SSSR count). The maximum Gasteiger partial charge on any atom is 0.293 e. The lowest BCUT2D eigenvalue weighted by atomic mass is 9.97. The van der Waals surface area contributed by atoms with Crippen LogP contribution in [0.2, 0.25) is 0 Å². The Hall–Kier alpha value is -1.43. The maximum atomic E-state index is 12.5. The molecule has 2 fully saturated rings. The Morgan fingerprint density at radius 1 is 1.32 bits per heavy atom.